The Morgan fingerprint density at radius 2 is 1.62 bits per heavy atom. The van der Waals surface area contributed by atoms with E-state index in [0.717, 1.165) is 0 Å². The summed E-state index contributed by atoms with van der Waals surface area (Å²) in [5.74, 6) is 10.7. The number of rotatable bonds is 0. The molecule has 1 saturated heterocycles. The molecule has 5 heteroatoms. The lowest BCUT2D eigenvalue weighted by Gasteiger charge is -2.10. The second-order valence-electron chi connectivity index (χ2n) is 1.71. The van der Waals surface area contributed by atoms with Gasteiger partial charge in [-0.15, -0.1) is 0 Å². The Kier molecular flexibility index (Phi) is 1.07. The van der Waals surface area contributed by atoms with Crippen LogP contribution in [0.4, 0.5) is 0 Å². The quantitative estimate of drug-likeness (QED) is 0.328. The predicted octanol–water partition coefficient (Wildman–Crippen LogP) is -1.71. The van der Waals surface area contributed by atoms with Crippen molar-refractivity contribution < 1.29 is 0 Å². The minimum atomic E-state index is 0.185. The smallest absolute Gasteiger partial charge is 0.222 e. The lowest BCUT2D eigenvalue weighted by molar-refractivity contribution is 0.486. The molecular formula is C3H9N5. The van der Waals surface area contributed by atoms with E-state index in [-0.39, 0.29) is 5.96 Å². The molecule has 1 rings (SSSR count). The third-order valence-electron chi connectivity index (χ3n) is 1.13. The molecule has 0 aromatic heterocycles. The topological polar surface area (TPSA) is 82.4 Å². The first-order valence-corrected chi connectivity index (χ1v) is 2.35. The van der Waals surface area contributed by atoms with Gasteiger partial charge in [-0.05, 0) is 0 Å². The summed E-state index contributed by atoms with van der Waals surface area (Å²) in [5.41, 5.74) is 0. The molecule has 0 unspecified atom stereocenters. The number of nitrogens with two attached hydrogens (primary N) is 2. The van der Waals surface area contributed by atoms with Crippen LogP contribution in [0.2, 0.25) is 0 Å². The number of guanidine groups is 1. The van der Waals surface area contributed by atoms with E-state index >= 15 is 0 Å². The van der Waals surface area contributed by atoms with Crippen LogP contribution < -0.4 is 11.7 Å². The van der Waals surface area contributed by atoms with E-state index in [1.54, 1.807) is 0 Å². The molecule has 8 heavy (non-hydrogen) atoms. The number of nitrogens with zero attached hydrogens (tertiary/aromatic N) is 2. The molecule has 5 nitrogen and oxygen atoms in total. The fourth-order valence-corrected chi connectivity index (χ4v) is 0.592. The third kappa shape index (κ3) is 0.613. The van der Waals surface area contributed by atoms with Crippen LogP contribution in [0.5, 0.6) is 0 Å². The minimum absolute atomic E-state index is 0.185. The molecule has 0 saturated carbocycles. The normalized spacial score (nSPS) is 20.5. The largest absolute Gasteiger partial charge is 0.278 e. The Balaban J connectivity index is 2.57. The van der Waals surface area contributed by atoms with Gasteiger partial charge in [0.25, 0.3) is 0 Å². The van der Waals surface area contributed by atoms with E-state index in [1.165, 1.54) is 10.0 Å². The molecule has 1 aliphatic heterocycles. The first-order chi connectivity index (χ1) is 3.72. The maximum absolute atomic E-state index is 7.06. The van der Waals surface area contributed by atoms with E-state index in [0.29, 0.717) is 13.1 Å². The van der Waals surface area contributed by atoms with Crippen LogP contribution >= 0.6 is 0 Å². The third-order valence-corrected chi connectivity index (χ3v) is 1.13. The SMILES string of the molecule is N=C1N(N)CCN1N. The van der Waals surface area contributed by atoms with Gasteiger partial charge in [-0.2, -0.15) is 0 Å². The van der Waals surface area contributed by atoms with Gasteiger partial charge < -0.3 is 0 Å². The van der Waals surface area contributed by atoms with Crippen molar-refractivity contribution in [2.24, 2.45) is 11.7 Å². The minimum Gasteiger partial charge on any atom is -0.278 e. The van der Waals surface area contributed by atoms with Crippen molar-refractivity contribution >= 4 is 5.96 Å². The first kappa shape index (κ1) is 5.33. The molecule has 0 radical (unpaired) electrons. The van der Waals surface area contributed by atoms with E-state index in [4.69, 9.17) is 17.1 Å². The van der Waals surface area contributed by atoms with Crippen LogP contribution in [0.25, 0.3) is 0 Å². The number of hydrogen-bond donors (Lipinski definition) is 3. The molecule has 1 heterocycles. The summed E-state index contributed by atoms with van der Waals surface area (Å²) < 4.78 is 0. The standard InChI is InChI=1S/C3H9N5/c4-3-7(5)1-2-8(3)6/h4H,1-2,5-6H2. The monoisotopic (exact) mass is 115 g/mol. The summed E-state index contributed by atoms with van der Waals surface area (Å²) in [6, 6.07) is 0. The van der Waals surface area contributed by atoms with Crippen LogP contribution in [0.15, 0.2) is 0 Å². The highest BCUT2D eigenvalue weighted by Crippen LogP contribution is 1.94. The van der Waals surface area contributed by atoms with Crippen molar-refractivity contribution in [1.29, 1.82) is 5.41 Å². The van der Waals surface area contributed by atoms with Gasteiger partial charge in [-0.1, -0.05) is 0 Å². The highest BCUT2D eigenvalue weighted by Gasteiger charge is 2.18. The predicted molar refractivity (Wildman–Crippen MR) is 29.5 cm³/mol. The Bertz CT molecular complexity index is 98.2. The lowest BCUT2D eigenvalue weighted by Crippen LogP contribution is -2.40. The highest BCUT2D eigenvalue weighted by atomic mass is 15.6. The number of hydrogen-bond acceptors (Lipinski definition) is 3. The zero-order valence-electron chi connectivity index (χ0n) is 4.46. The molecule has 5 N–H and O–H groups in total. The summed E-state index contributed by atoms with van der Waals surface area (Å²) in [7, 11) is 0. The molecule has 1 fully saturated rings. The Morgan fingerprint density at radius 1 is 1.25 bits per heavy atom. The van der Waals surface area contributed by atoms with Gasteiger partial charge in [0.1, 0.15) is 0 Å². The highest BCUT2D eigenvalue weighted by molar-refractivity contribution is 5.77. The lowest BCUT2D eigenvalue weighted by atomic mass is 10.7. The molecule has 46 valence electrons. The Labute approximate surface area is 47.3 Å². The van der Waals surface area contributed by atoms with Crippen molar-refractivity contribution in [3.63, 3.8) is 0 Å². The second-order valence-corrected chi connectivity index (χ2v) is 1.71. The maximum Gasteiger partial charge on any atom is 0.222 e. The van der Waals surface area contributed by atoms with Gasteiger partial charge in [-0.25, -0.2) is 11.7 Å². The Morgan fingerprint density at radius 3 is 1.75 bits per heavy atom. The van der Waals surface area contributed by atoms with E-state index in [1.807, 2.05) is 0 Å². The number of nitrogens with one attached hydrogen (secondary N) is 1. The zero-order chi connectivity index (χ0) is 6.15. The van der Waals surface area contributed by atoms with Crippen molar-refractivity contribution in [3.05, 3.63) is 0 Å². The van der Waals surface area contributed by atoms with Gasteiger partial charge >= 0.3 is 0 Å². The fraction of sp³-hybridized carbons (Fsp3) is 0.667. The average Bonchev–Trinajstić information content (AvgIpc) is 1.98. The van der Waals surface area contributed by atoms with Crippen molar-refractivity contribution in [2.75, 3.05) is 13.1 Å². The Hall–Kier alpha value is -0.810. The van der Waals surface area contributed by atoms with E-state index < -0.39 is 0 Å². The zero-order valence-corrected chi connectivity index (χ0v) is 4.46. The van der Waals surface area contributed by atoms with Gasteiger partial charge in [-0.3, -0.25) is 15.4 Å². The summed E-state index contributed by atoms with van der Waals surface area (Å²) in [6.07, 6.45) is 0. The van der Waals surface area contributed by atoms with Gasteiger partial charge in [0.2, 0.25) is 5.96 Å². The van der Waals surface area contributed by atoms with Gasteiger partial charge in [0.05, 0.1) is 13.1 Å². The maximum atomic E-state index is 7.06. The van der Waals surface area contributed by atoms with Crippen LogP contribution in [0.1, 0.15) is 0 Å². The van der Waals surface area contributed by atoms with Crippen molar-refractivity contribution in [1.82, 2.24) is 10.0 Å². The molecule has 0 amide bonds. The van der Waals surface area contributed by atoms with Crippen LogP contribution in [0, 0.1) is 5.41 Å². The molecule has 0 atom stereocenters. The summed E-state index contributed by atoms with van der Waals surface area (Å²) >= 11 is 0. The molecule has 0 aromatic rings. The van der Waals surface area contributed by atoms with Crippen LogP contribution in [-0.2, 0) is 0 Å². The molecule has 0 bridgehead atoms. The van der Waals surface area contributed by atoms with Crippen molar-refractivity contribution in [2.45, 2.75) is 0 Å². The summed E-state index contributed by atoms with van der Waals surface area (Å²) in [4.78, 5) is 0. The first-order valence-electron chi connectivity index (χ1n) is 2.35. The molecule has 1 aliphatic rings. The number of hydrazine groups is 2. The summed E-state index contributed by atoms with van der Waals surface area (Å²) in [6.45, 7) is 1.30. The van der Waals surface area contributed by atoms with Crippen LogP contribution in [0.3, 0.4) is 0 Å². The van der Waals surface area contributed by atoms with Crippen molar-refractivity contribution in [3.8, 4) is 0 Å². The summed E-state index contributed by atoms with van der Waals surface area (Å²) in [5, 5.41) is 9.67. The van der Waals surface area contributed by atoms with Gasteiger partial charge in [0.15, 0.2) is 0 Å². The molecule has 0 aliphatic carbocycles. The second kappa shape index (κ2) is 1.61. The molecular weight excluding hydrogens is 106 g/mol. The average molecular weight is 115 g/mol. The van der Waals surface area contributed by atoms with E-state index in [9.17, 15) is 0 Å². The van der Waals surface area contributed by atoms with E-state index in [2.05, 4.69) is 0 Å². The fourth-order valence-electron chi connectivity index (χ4n) is 0.592. The van der Waals surface area contributed by atoms with Gasteiger partial charge in [0, 0.05) is 0 Å². The molecule has 0 spiro atoms. The van der Waals surface area contributed by atoms with Crippen LogP contribution in [-0.4, -0.2) is 29.1 Å². The molecule has 0 aromatic carbocycles.